The smallest absolute Gasteiger partial charge is 0.195 e. The molecule has 136 valence electrons. The lowest BCUT2D eigenvalue weighted by Gasteiger charge is -2.66. The molecule has 6 saturated carbocycles. The van der Waals surface area contributed by atoms with Gasteiger partial charge in [-0.15, -0.1) is 0 Å². The van der Waals surface area contributed by atoms with Gasteiger partial charge in [0.2, 0.25) is 0 Å². The Morgan fingerprint density at radius 1 is 0.750 bits per heavy atom. The second-order valence-corrected chi connectivity index (χ2v) is 11.6. The van der Waals surface area contributed by atoms with E-state index in [1.54, 1.807) is 0 Å². The van der Waals surface area contributed by atoms with Crippen LogP contribution >= 0.6 is 11.5 Å². The summed E-state index contributed by atoms with van der Waals surface area (Å²) in [6.07, 6.45) is 8.96. The molecule has 8 atom stereocenters. The molecule has 0 aromatic carbocycles. The summed E-state index contributed by atoms with van der Waals surface area (Å²) in [6, 6.07) is 0. The highest BCUT2D eigenvalue weighted by molar-refractivity contribution is 7.08. The van der Waals surface area contributed by atoms with Crippen LogP contribution in [0.15, 0.2) is 0 Å². The minimum Gasteiger partial charge on any atom is -0.195 e. The fraction of sp³-hybridized carbons (Fsp3) is 1.00. The number of hydrogen-bond donors (Lipinski definition) is 0. The summed E-state index contributed by atoms with van der Waals surface area (Å²) in [4.78, 5) is 0. The molecule has 0 aliphatic heterocycles. The van der Waals surface area contributed by atoms with Crippen LogP contribution < -0.4 is 0 Å². The zero-order chi connectivity index (χ0) is 17.4. The van der Waals surface area contributed by atoms with Crippen molar-refractivity contribution in [3.8, 4) is 0 Å². The van der Waals surface area contributed by atoms with Crippen molar-refractivity contribution in [2.45, 2.75) is 91.7 Å². The average Bonchev–Trinajstić information content (AvgIpc) is 2.59. The monoisotopic (exact) mass is 348 g/mol. The van der Waals surface area contributed by atoms with E-state index < -0.39 is 0 Å². The summed E-state index contributed by atoms with van der Waals surface area (Å²) in [5.41, 5.74) is 1.18. The van der Waals surface area contributed by atoms with E-state index >= 15 is 0 Å². The van der Waals surface area contributed by atoms with Crippen LogP contribution in [-0.4, -0.2) is 6.13 Å². The summed E-state index contributed by atoms with van der Waals surface area (Å²) in [5.74, 6) is 7.16. The maximum Gasteiger partial charge on any atom is 0.257 e. The Balaban J connectivity index is 1.53. The minimum absolute atomic E-state index is 0.447. The number of halogens is 1. The van der Waals surface area contributed by atoms with Crippen LogP contribution in [0.4, 0.5) is 0 Å². The summed E-state index contributed by atoms with van der Waals surface area (Å²) in [5, 5.41) is 0. The van der Waals surface area contributed by atoms with E-state index in [1.807, 2.05) is 0 Å². The van der Waals surface area contributed by atoms with Gasteiger partial charge in [-0.3, -0.25) is 0 Å². The molecule has 0 amide bonds. The van der Waals surface area contributed by atoms with Crippen LogP contribution in [0.3, 0.4) is 0 Å². The highest BCUT2D eigenvalue weighted by Gasteiger charge is 2.63. The van der Waals surface area contributed by atoms with Crippen LogP contribution in [0.1, 0.15) is 80.1 Å². The Kier molecular flexibility index (Phi) is 4.20. The molecule has 24 heavy (non-hydrogen) atoms. The molecular weight excluding hydrogens is 311 g/mol. The van der Waals surface area contributed by atoms with E-state index in [-0.39, 0.29) is 0 Å². The SMILES string of the molecule is CC[C@@H]1[C@H]2C[C@@H](C[C@H]1B(Cl)[C@@H]1C[C@@H]3C[C@H]([C@H]1CC)C3(C)C)C2(C)C. The zero-order valence-electron chi connectivity index (χ0n) is 16.8. The van der Waals surface area contributed by atoms with Crippen molar-refractivity contribution in [2.24, 2.45) is 46.3 Å². The molecule has 0 spiro atoms. The van der Waals surface area contributed by atoms with Crippen molar-refractivity contribution in [3.63, 3.8) is 0 Å². The van der Waals surface area contributed by atoms with Crippen molar-refractivity contribution in [1.82, 2.24) is 0 Å². The van der Waals surface area contributed by atoms with Crippen LogP contribution in [0.5, 0.6) is 0 Å². The molecule has 0 N–H and O–H groups in total. The van der Waals surface area contributed by atoms with Crippen molar-refractivity contribution in [1.29, 1.82) is 0 Å². The van der Waals surface area contributed by atoms with Gasteiger partial charge in [0.05, 0.1) is 0 Å². The number of rotatable bonds is 4. The molecule has 0 aromatic heterocycles. The van der Waals surface area contributed by atoms with E-state index in [9.17, 15) is 0 Å². The number of fused-ring (bicyclic) bond motifs is 4. The first-order chi connectivity index (χ1) is 11.2. The fourth-order valence-corrected chi connectivity index (χ4v) is 8.77. The van der Waals surface area contributed by atoms with Crippen molar-refractivity contribution in [3.05, 3.63) is 0 Å². The summed E-state index contributed by atoms with van der Waals surface area (Å²) < 4.78 is 0. The third-order valence-corrected chi connectivity index (χ3v) is 10.7. The molecule has 0 heterocycles. The first-order valence-corrected chi connectivity index (χ1v) is 11.3. The van der Waals surface area contributed by atoms with Gasteiger partial charge in [-0.25, -0.2) is 0 Å². The third-order valence-electron chi connectivity index (χ3n) is 10.1. The minimum atomic E-state index is 0.447. The topological polar surface area (TPSA) is 0 Å². The Hall–Kier alpha value is 0.355. The van der Waals surface area contributed by atoms with Gasteiger partial charge in [-0.1, -0.05) is 67.2 Å². The van der Waals surface area contributed by atoms with Crippen LogP contribution in [0.2, 0.25) is 11.6 Å². The fourth-order valence-electron chi connectivity index (χ4n) is 8.19. The average molecular weight is 349 g/mol. The number of hydrogen-bond acceptors (Lipinski definition) is 0. The first-order valence-electron chi connectivity index (χ1n) is 10.9. The Bertz CT molecular complexity index is 454. The van der Waals surface area contributed by atoms with Gasteiger partial charge < -0.3 is 0 Å². The van der Waals surface area contributed by atoms with Crippen molar-refractivity contribution in [2.75, 3.05) is 0 Å². The quantitative estimate of drug-likeness (QED) is 0.473. The summed E-state index contributed by atoms with van der Waals surface area (Å²) >= 11 is 7.34. The van der Waals surface area contributed by atoms with Gasteiger partial charge in [0.1, 0.15) is 0 Å². The molecule has 4 bridgehead atoms. The van der Waals surface area contributed by atoms with E-state index in [0.29, 0.717) is 17.0 Å². The Labute approximate surface area is 155 Å². The van der Waals surface area contributed by atoms with Crippen LogP contribution in [-0.2, 0) is 0 Å². The predicted octanol–water partition coefficient (Wildman–Crippen LogP) is 7.14. The van der Waals surface area contributed by atoms with Crippen molar-refractivity contribution < 1.29 is 0 Å². The van der Waals surface area contributed by atoms with Crippen molar-refractivity contribution >= 4 is 17.6 Å². The Morgan fingerprint density at radius 3 is 1.42 bits per heavy atom. The molecule has 6 fully saturated rings. The van der Waals surface area contributed by atoms with Crippen LogP contribution in [0.25, 0.3) is 0 Å². The molecule has 0 aromatic rings. The highest BCUT2D eigenvalue weighted by atomic mass is 35.5. The maximum absolute atomic E-state index is 7.34. The standard InChI is InChI=1S/C22H38BCl/c1-7-15-17-9-13(21(17,3)4)11-19(15)23(24)20-12-14-10-18(16(20)8-2)22(14,5)6/h13-20H,7-12H2,1-6H3/t13-,14-,15+,16+,17+,18+,19+,20+/m0/s1. The highest BCUT2D eigenvalue weighted by Crippen LogP contribution is 2.70. The predicted molar refractivity (Wildman–Crippen MR) is 107 cm³/mol. The molecule has 6 aliphatic rings. The molecular formula is C22H38BCl. The van der Waals surface area contributed by atoms with Gasteiger partial charge >= 0.3 is 0 Å². The second kappa shape index (κ2) is 5.67. The maximum atomic E-state index is 7.34. The van der Waals surface area contributed by atoms with Gasteiger partial charge in [-0.05, 0) is 70.8 Å². The van der Waals surface area contributed by atoms with Gasteiger partial charge in [0.25, 0.3) is 6.13 Å². The molecule has 0 radical (unpaired) electrons. The summed E-state index contributed by atoms with van der Waals surface area (Å²) in [6.45, 7) is 15.0. The third kappa shape index (κ3) is 2.18. The van der Waals surface area contributed by atoms with Gasteiger partial charge in [-0.2, -0.15) is 11.5 Å². The lowest BCUT2D eigenvalue weighted by molar-refractivity contribution is -0.113. The normalized spacial score (nSPS) is 50.6. The molecule has 6 aliphatic carbocycles. The van der Waals surface area contributed by atoms with E-state index in [1.165, 1.54) is 38.5 Å². The second-order valence-electron chi connectivity index (χ2n) is 11.1. The van der Waals surface area contributed by atoms with E-state index in [4.69, 9.17) is 11.5 Å². The van der Waals surface area contributed by atoms with Gasteiger partial charge in [0, 0.05) is 0 Å². The van der Waals surface area contributed by atoms with E-state index in [0.717, 1.165) is 47.1 Å². The molecule has 6 rings (SSSR count). The molecule has 2 heteroatoms. The van der Waals surface area contributed by atoms with E-state index in [2.05, 4.69) is 41.5 Å². The Morgan fingerprint density at radius 2 is 1.12 bits per heavy atom. The molecule has 0 unspecified atom stereocenters. The van der Waals surface area contributed by atoms with Gasteiger partial charge in [0.15, 0.2) is 0 Å². The molecule has 0 nitrogen and oxygen atoms in total. The summed E-state index contributed by atoms with van der Waals surface area (Å²) in [7, 11) is 0. The largest absolute Gasteiger partial charge is 0.257 e. The first kappa shape index (κ1) is 17.8. The lowest BCUT2D eigenvalue weighted by atomic mass is 9.29. The van der Waals surface area contributed by atoms with Crippen LogP contribution in [0, 0.1) is 46.3 Å². The zero-order valence-corrected chi connectivity index (χ0v) is 17.6. The molecule has 0 saturated heterocycles. The lowest BCUT2D eigenvalue weighted by Crippen LogP contribution is -2.59.